The number of ketones is 3. The number of rotatable bonds is 10. The topological polar surface area (TPSA) is 316 Å². The molecule has 3 aliphatic rings. The van der Waals surface area contributed by atoms with Gasteiger partial charge in [0, 0.05) is 54.8 Å². The van der Waals surface area contributed by atoms with Crippen molar-refractivity contribution in [2.75, 3.05) is 13.7 Å². The Morgan fingerprint density at radius 2 is 1.61 bits per heavy atom. The molecule has 0 radical (unpaired) electrons. The Labute approximate surface area is 291 Å². The highest BCUT2D eigenvalue weighted by Gasteiger charge is 2.50. The second kappa shape index (κ2) is 16.2. The quantitative estimate of drug-likeness (QED) is 0.0376. The van der Waals surface area contributed by atoms with Crippen molar-refractivity contribution in [2.24, 2.45) is 17.4 Å². The Morgan fingerprint density at radius 3 is 2.16 bits per heavy atom. The maximum absolute atomic E-state index is 13.6. The van der Waals surface area contributed by atoms with Gasteiger partial charge in [0.15, 0.2) is 17.9 Å². The average Bonchev–Trinajstić information content (AvgIpc) is 3.11. The molecule has 1 heterocycles. The zero-order valence-corrected chi connectivity index (χ0v) is 28.0. The molecule has 0 unspecified atom stereocenters. The van der Waals surface area contributed by atoms with Gasteiger partial charge < -0.3 is 45.5 Å². The van der Waals surface area contributed by atoms with Gasteiger partial charge >= 0.3 is 0 Å². The number of aromatic hydroxyl groups is 2. The summed E-state index contributed by atoms with van der Waals surface area (Å²) in [7, 11) is 1.32. The maximum atomic E-state index is 13.6. The number of fused-ring (bicyclic) bond motifs is 3. The average molecular weight is 718 g/mol. The lowest BCUT2D eigenvalue weighted by molar-refractivity contribution is -0.247. The van der Waals surface area contributed by atoms with Gasteiger partial charge in [0.1, 0.15) is 29.5 Å². The van der Waals surface area contributed by atoms with Gasteiger partial charge in [-0.1, -0.05) is 12.1 Å². The van der Waals surface area contributed by atoms with Crippen LogP contribution in [0.15, 0.2) is 18.2 Å². The number of nitrogens with one attached hydrogen (secondary N) is 2. The molecule has 51 heavy (non-hydrogen) atoms. The molecule has 0 spiro atoms. The van der Waals surface area contributed by atoms with Gasteiger partial charge in [0.2, 0.25) is 17.6 Å². The monoisotopic (exact) mass is 717 g/mol. The summed E-state index contributed by atoms with van der Waals surface area (Å²) in [6, 6.07) is 3.64. The van der Waals surface area contributed by atoms with E-state index in [1.807, 2.05) is 10.9 Å². The third-order valence-corrected chi connectivity index (χ3v) is 9.18. The number of aliphatic hydroxyl groups is 3. The van der Waals surface area contributed by atoms with E-state index in [0.29, 0.717) is 25.7 Å². The molecule has 1 saturated heterocycles. The number of Topliss-reactive ketones (excluding diaryl/α,β-unsaturated/α-hetero) is 1. The first-order valence-electron chi connectivity index (χ1n) is 16.1. The molecule has 1 fully saturated rings. The van der Waals surface area contributed by atoms with Crippen LogP contribution in [0.3, 0.4) is 0 Å². The van der Waals surface area contributed by atoms with E-state index < -0.39 is 95.7 Å². The minimum atomic E-state index is -2.24. The lowest BCUT2D eigenvalue weighted by Gasteiger charge is -2.42. The molecule has 0 saturated carbocycles. The van der Waals surface area contributed by atoms with E-state index in [-0.39, 0.29) is 46.2 Å². The molecule has 278 valence electrons. The Balaban J connectivity index is 0.000000417. The summed E-state index contributed by atoms with van der Waals surface area (Å²) < 4.78 is 17.0. The molecule has 2 aromatic carbocycles. The molecule has 2 amide bonds. The lowest BCUT2D eigenvalue weighted by atomic mass is 9.72. The van der Waals surface area contributed by atoms with Crippen LogP contribution in [0.5, 0.6) is 17.2 Å². The van der Waals surface area contributed by atoms with Gasteiger partial charge in [-0.15, -0.1) is 0 Å². The number of hydrogen-bond acceptors (Lipinski definition) is 16. The van der Waals surface area contributed by atoms with Crippen LogP contribution in [0.2, 0.25) is 0 Å². The number of benzene rings is 2. The Hall–Kier alpha value is -4.53. The van der Waals surface area contributed by atoms with Crippen molar-refractivity contribution >= 4 is 29.2 Å². The summed E-state index contributed by atoms with van der Waals surface area (Å²) in [6.07, 6.45) is -3.17. The van der Waals surface area contributed by atoms with Gasteiger partial charge in [-0.2, -0.15) is 0 Å². The van der Waals surface area contributed by atoms with E-state index in [0.717, 1.165) is 0 Å². The molecule has 2 aliphatic carbocycles. The predicted molar refractivity (Wildman–Crippen MR) is 175 cm³/mol. The van der Waals surface area contributed by atoms with Crippen LogP contribution < -0.4 is 33.0 Å². The number of carbonyl (C=O) groups is 5. The zero-order chi connectivity index (χ0) is 37.8. The number of hydrogen-bond donors (Lipinski definition) is 10. The number of methoxy groups -OCH3 is 1. The molecule has 0 bridgehead atoms. The highest BCUT2D eigenvalue weighted by atomic mass is 16.7. The normalized spacial score (nSPS) is 25.0. The van der Waals surface area contributed by atoms with Crippen molar-refractivity contribution in [1.29, 1.82) is 0 Å². The number of ether oxygens (including phenoxy) is 3. The smallest absolute Gasteiger partial charge is 0.233 e. The number of hydrazine groups is 2. The number of amides is 2. The molecule has 6 atom stereocenters. The summed E-state index contributed by atoms with van der Waals surface area (Å²) in [5.41, 5.74) is 6.38. The van der Waals surface area contributed by atoms with E-state index in [1.54, 1.807) is 6.92 Å². The van der Waals surface area contributed by atoms with Crippen molar-refractivity contribution in [2.45, 2.75) is 88.1 Å². The maximum Gasteiger partial charge on any atom is 0.233 e. The summed E-state index contributed by atoms with van der Waals surface area (Å²) >= 11 is 0. The fraction of sp³-hybridized carbons (Fsp3) is 0.485. The van der Waals surface area contributed by atoms with Crippen molar-refractivity contribution in [3.63, 3.8) is 0 Å². The highest BCUT2D eigenvalue weighted by Crippen LogP contribution is 2.52. The first-order chi connectivity index (χ1) is 24.1. The SMILES string of the molecule is COc1cccc2c1C(=O)c1c(O)c3c(c(O)c1C2=O)C[C@@](O)(C(=O)CO)C[C@@H]3O[C@H]1C[C@H](N)[C@H](O)[C@H](C)O1.NNC(=O)CCCCC(=O)NN. The summed E-state index contributed by atoms with van der Waals surface area (Å²) in [4.78, 5) is 60.9. The molecule has 0 aromatic heterocycles. The van der Waals surface area contributed by atoms with E-state index in [1.165, 1.54) is 25.3 Å². The zero-order valence-electron chi connectivity index (χ0n) is 28.0. The summed E-state index contributed by atoms with van der Waals surface area (Å²) in [5, 5.41) is 53.7. The third-order valence-electron chi connectivity index (χ3n) is 9.18. The molecule has 2 aromatic rings. The standard InChI is InChI=1S/C27H29NO11.C6H14N4O2/c1-10-22(31)13(28)6-17(38-10)39-15-8-27(36,16(30)9-29)7-12-19(15)26(35)21-20(24(12)33)23(32)11-4-3-5-14(37-2)18(11)25(21)34;7-9-5(11)3-1-2-4-6(12)10-8/h3-5,10,13,15,17,22,29,31,33,35-36H,6-9,28H2,1-2H3;1-4,7-8H2,(H,9,11)(H,10,12)/t10-,13-,15-,17-,22+,27-;/m0./s1. The highest BCUT2D eigenvalue weighted by molar-refractivity contribution is 6.31. The van der Waals surface area contributed by atoms with E-state index in [9.17, 15) is 49.5 Å². The fourth-order valence-electron chi connectivity index (χ4n) is 6.47. The molecule has 13 N–H and O–H groups in total. The minimum absolute atomic E-state index is 0.0173. The number of aliphatic hydroxyl groups excluding tert-OH is 2. The van der Waals surface area contributed by atoms with Crippen LogP contribution in [0.25, 0.3) is 0 Å². The van der Waals surface area contributed by atoms with Gasteiger partial charge in [-0.25, -0.2) is 11.7 Å². The van der Waals surface area contributed by atoms with Crippen LogP contribution in [-0.2, 0) is 30.3 Å². The van der Waals surface area contributed by atoms with E-state index in [4.69, 9.17) is 31.6 Å². The molecule has 5 rings (SSSR count). The van der Waals surface area contributed by atoms with Crippen LogP contribution >= 0.6 is 0 Å². The van der Waals surface area contributed by atoms with Crippen LogP contribution in [-0.4, -0.2) is 98.6 Å². The van der Waals surface area contributed by atoms with Gasteiger partial charge in [0.25, 0.3) is 0 Å². The fourth-order valence-corrected chi connectivity index (χ4v) is 6.47. The van der Waals surface area contributed by atoms with E-state index >= 15 is 0 Å². The summed E-state index contributed by atoms with van der Waals surface area (Å²) in [5.74, 6) is 5.47. The number of nitrogens with two attached hydrogens (primary N) is 3. The van der Waals surface area contributed by atoms with E-state index in [2.05, 4.69) is 0 Å². The van der Waals surface area contributed by atoms with Gasteiger partial charge in [0.05, 0.1) is 42.1 Å². The van der Waals surface area contributed by atoms with Gasteiger partial charge in [-0.3, -0.25) is 34.8 Å². The third kappa shape index (κ3) is 7.87. The van der Waals surface area contributed by atoms with Crippen molar-refractivity contribution in [3.05, 3.63) is 51.6 Å². The van der Waals surface area contributed by atoms with Crippen molar-refractivity contribution < 1.29 is 63.7 Å². The van der Waals surface area contributed by atoms with Crippen molar-refractivity contribution in [3.8, 4) is 17.2 Å². The Kier molecular flexibility index (Phi) is 12.5. The second-order valence-electron chi connectivity index (χ2n) is 12.5. The number of phenols is 2. The van der Waals surface area contributed by atoms with Crippen molar-refractivity contribution in [1.82, 2.24) is 10.9 Å². The first-order valence-corrected chi connectivity index (χ1v) is 16.1. The molecular formula is C33H43N5O13. The predicted octanol–water partition coefficient (Wildman–Crippen LogP) is -1.47. The minimum Gasteiger partial charge on any atom is -0.507 e. The summed E-state index contributed by atoms with van der Waals surface area (Å²) in [6.45, 7) is 0.560. The number of phenolic OH excluding ortho intramolecular Hbond substituents is 2. The van der Waals surface area contributed by atoms with Gasteiger partial charge in [-0.05, 0) is 25.8 Å². The molecule has 18 nitrogen and oxygen atoms in total. The van der Waals surface area contributed by atoms with Crippen LogP contribution in [0, 0.1) is 0 Å². The second-order valence-corrected chi connectivity index (χ2v) is 12.5. The molecule has 1 aliphatic heterocycles. The number of carbonyl (C=O) groups excluding carboxylic acids is 5. The first kappa shape index (κ1) is 39.3. The molecule has 18 heteroatoms. The van der Waals surface area contributed by atoms with Crippen LogP contribution in [0.1, 0.15) is 94.5 Å². The lowest BCUT2D eigenvalue weighted by Crippen LogP contribution is -2.53. The largest absolute Gasteiger partial charge is 0.507 e. The van der Waals surface area contributed by atoms with Crippen LogP contribution in [0.4, 0.5) is 0 Å². The molecular weight excluding hydrogens is 674 g/mol. The number of unbranched alkanes of at least 4 members (excludes halogenated alkanes) is 1. The Bertz CT molecular complexity index is 1670. The Morgan fingerprint density at radius 1 is 1.00 bits per heavy atom.